The lowest BCUT2D eigenvalue weighted by molar-refractivity contribution is -0.169. The van der Waals surface area contributed by atoms with Crippen LogP contribution >= 0.6 is 23.0 Å². The molecule has 0 spiro atoms. The molecule has 0 aromatic heterocycles. The van der Waals surface area contributed by atoms with Gasteiger partial charge in [0.1, 0.15) is 5.60 Å². The van der Waals surface area contributed by atoms with Gasteiger partial charge in [-0.2, -0.15) is 0 Å². The van der Waals surface area contributed by atoms with E-state index in [1.807, 2.05) is 0 Å². The predicted octanol–water partition coefficient (Wildman–Crippen LogP) is 3.22. The molecule has 0 aromatic carbocycles. The van der Waals surface area contributed by atoms with Gasteiger partial charge in [0.05, 0.1) is 0 Å². The van der Waals surface area contributed by atoms with E-state index >= 15 is 0 Å². The standard InChI is InChI=1S/C14H22INO5/c1-7-14(10(18)20-12(2,3)4)8-13(5,6)9(17)16(14)11(19)21-15/h7-8H2,1-6H3. The lowest BCUT2D eigenvalue weighted by atomic mass is 9.82. The van der Waals surface area contributed by atoms with Crippen molar-refractivity contribution in [1.29, 1.82) is 0 Å². The number of rotatable bonds is 2. The molecule has 1 rings (SSSR count). The Bertz CT molecular complexity index is 468. The smallest absolute Gasteiger partial charge is 0.427 e. The number of carbonyl (C=O) groups excluding carboxylic acids is 3. The van der Waals surface area contributed by atoms with Gasteiger partial charge in [0.15, 0.2) is 28.5 Å². The molecule has 21 heavy (non-hydrogen) atoms. The highest BCUT2D eigenvalue weighted by Crippen LogP contribution is 2.46. The van der Waals surface area contributed by atoms with Crippen molar-refractivity contribution in [3.63, 3.8) is 0 Å². The average molecular weight is 411 g/mol. The first-order chi connectivity index (χ1) is 9.41. The van der Waals surface area contributed by atoms with Crippen LogP contribution in [0.2, 0.25) is 0 Å². The largest absolute Gasteiger partial charge is 0.458 e. The SMILES string of the molecule is CCC1(C(=O)OC(C)(C)C)CC(C)(C)C(=O)N1C(=O)OI. The Morgan fingerprint density at radius 1 is 1.33 bits per heavy atom. The molecule has 1 aliphatic rings. The molecule has 0 aliphatic carbocycles. The summed E-state index contributed by atoms with van der Waals surface area (Å²) in [5.74, 6) is -0.991. The van der Waals surface area contributed by atoms with E-state index in [1.54, 1.807) is 41.5 Å². The fraction of sp³-hybridized carbons (Fsp3) is 0.786. The first-order valence-corrected chi connectivity index (χ1v) is 7.70. The maximum absolute atomic E-state index is 12.7. The first kappa shape index (κ1) is 18.2. The molecule has 1 fully saturated rings. The van der Waals surface area contributed by atoms with Gasteiger partial charge in [-0.3, -0.25) is 4.79 Å². The predicted molar refractivity (Wildman–Crippen MR) is 84.6 cm³/mol. The van der Waals surface area contributed by atoms with Crippen molar-refractivity contribution < 1.29 is 22.2 Å². The maximum Gasteiger partial charge on any atom is 0.427 e. The van der Waals surface area contributed by atoms with Crippen LogP contribution in [0.3, 0.4) is 0 Å². The Kier molecular flexibility index (Phi) is 4.97. The number of amides is 2. The molecule has 1 unspecified atom stereocenters. The molecule has 1 aliphatic heterocycles. The number of hydrogen-bond donors (Lipinski definition) is 0. The molecule has 2 amide bonds. The molecule has 0 radical (unpaired) electrons. The van der Waals surface area contributed by atoms with Crippen molar-refractivity contribution in [3.05, 3.63) is 0 Å². The zero-order chi connectivity index (χ0) is 16.6. The molecule has 0 N–H and O–H groups in total. The molecule has 1 saturated heterocycles. The highest BCUT2D eigenvalue weighted by Gasteiger charge is 2.62. The van der Waals surface area contributed by atoms with E-state index in [2.05, 4.69) is 3.07 Å². The number of imide groups is 1. The molecular weight excluding hydrogens is 389 g/mol. The Hall–Kier alpha value is -0.860. The zero-order valence-corrected chi connectivity index (χ0v) is 15.4. The van der Waals surface area contributed by atoms with Gasteiger partial charge in [-0.25, -0.2) is 14.5 Å². The molecule has 1 heterocycles. The number of halogens is 1. The summed E-state index contributed by atoms with van der Waals surface area (Å²) in [6.45, 7) is 10.4. The number of esters is 1. The van der Waals surface area contributed by atoms with E-state index in [9.17, 15) is 14.4 Å². The van der Waals surface area contributed by atoms with Crippen LogP contribution in [0.4, 0.5) is 4.79 Å². The summed E-state index contributed by atoms with van der Waals surface area (Å²) in [5, 5.41) is 0. The van der Waals surface area contributed by atoms with E-state index in [4.69, 9.17) is 4.74 Å². The number of hydrogen-bond acceptors (Lipinski definition) is 5. The summed E-state index contributed by atoms with van der Waals surface area (Å²) in [6, 6.07) is 0. The maximum atomic E-state index is 12.7. The highest BCUT2D eigenvalue weighted by molar-refractivity contribution is 14.1. The second-order valence-corrected chi connectivity index (χ2v) is 7.37. The van der Waals surface area contributed by atoms with E-state index in [0.29, 0.717) is 0 Å². The third kappa shape index (κ3) is 3.32. The van der Waals surface area contributed by atoms with Crippen molar-refractivity contribution in [2.24, 2.45) is 5.41 Å². The fourth-order valence-corrected chi connectivity index (χ4v) is 2.84. The fourth-order valence-electron chi connectivity index (χ4n) is 2.64. The number of nitrogens with zero attached hydrogens (tertiary/aromatic N) is 1. The van der Waals surface area contributed by atoms with Crippen molar-refractivity contribution in [2.45, 2.75) is 65.5 Å². The zero-order valence-electron chi connectivity index (χ0n) is 13.3. The summed E-state index contributed by atoms with van der Waals surface area (Å²) in [6.07, 6.45) is -0.336. The Morgan fingerprint density at radius 2 is 1.86 bits per heavy atom. The van der Waals surface area contributed by atoms with Gasteiger partial charge in [-0.05, 0) is 33.6 Å². The van der Waals surface area contributed by atoms with Crippen LogP contribution in [0.1, 0.15) is 54.4 Å². The van der Waals surface area contributed by atoms with Gasteiger partial charge in [0, 0.05) is 5.41 Å². The molecule has 0 bridgehead atoms. The monoisotopic (exact) mass is 411 g/mol. The lowest BCUT2D eigenvalue weighted by Crippen LogP contribution is -2.55. The molecule has 7 heteroatoms. The minimum absolute atomic E-state index is 0.218. The normalized spacial score (nSPS) is 24.9. The topological polar surface area (TPSA) is 72.9 Å². The van der Waals surface area contributed by atoms with Gasteiger partial charge in [-0.1, -0.05) is 20.8 Å². The Labute approximate surface area is 139 Å². The van der Waals surface area contributed by atoms with Crippen molar-refractivity contribution >= 4 is 41.0 Å². The van der Waals surface area contributed by atoms with Crippen molar-refractivity contribution in [2.75, 3.05) is 0 Å². The summed E-state index contributed by atoms with van der Waals surface area (Å²) >= 11 is 1.41. The second-order valence-electron chi connectivity index (χ2n) is 6.93. The third-order valence-corrected chi connectivity index (χ3v) is 3.93. The van der Waals surface area contributed by atoms with Gasteiger partial charge >= 0.3 is 12.1 Å². The number of likely N-dealkylation sites (tertiary alicyclic amines) is 1. The summed E-state index contributed by atoms with van der Waals surface area (Å²) in [5.41, 5.74) is -2.83. The van der Waals surface area contributed by atoms with Gasteiger partial charge in [-0.15, -0.1) is 0 Å². The van der Waals surface area contributed by atoms with Gasteiger partial charge in [0.25, 0.3) is 0 Å². The van der Waals surface area contributed by atoms with Crippen LogP contribution in [-0.4, -0.2) is 34.0 Å². The van der Waals surface area contributed by atoms with E-state index < -0.39 is 34.5 Å². The van der Waals surface area contributed by atoms with Crippen LogP contribution in [0, 0.1) is 5.41 Å². The van der Waals surface area contributed by atoms with Crippen molar-refractivity contribution in [1.82, 2.24) is 4.90 Å². The average Bonchev–Trinajstić information content (AvgIpc) is 2.55. The molecule has 0 aromatic rings. The number of ether oxygens (including phenoxy) is 1. The molecule has 1 atom stereocenters. The van der Waals surface area contributed by atoms with Crippen LogP contribution in [0.5, 0.6) is 0 Å². The van der Waals surface area contributed by atoms with Gasteiger partial charge in [0.2, 0.25) is 5.91 Å². The van der Waals surface area contributed by atoms with Crippen molar-refractivity contribution in [3.8, 4) is 0 Å². The van der Waals surface area contributed by atoms with E-state index in [0.717, 1.165) is 4.90 Å². The molecule has 120 valence electrons. The van der Waals surface area contributed by atoms with Gasteiger partial charge < -0.3 is 7.80 Å². The lowest BCUT2D eigenvalue weighted by Gasteiger charge is -2.35. The van der Waals surface area contributed by atoms with Crippen LogP contribution in [0.15, 0.2) is 0 Å². The van der Waals surface area contributed by atoms with E-state index in [-0.39, 0.29) is 12.8 Å². The summed E-state index contributed by atoms with van der Waals surface area (Å²) < 4.78 is 10.1. The Morgan fingerprint density at radius 3 is 2.24 bits per heavy atom. The first-order valence-electron chi connectivity index (χ1n) is 6.82. The van der Waals surface area contributed by atoms with Crippen LogP contribution in [0.25, 0.3) is 0 Å². The molecular formula is C14H22INO5. The minimum atomic E-state index is -1.31. The Balaban J connectivity index is 3.32. The minimum Gasteiger partial charge on any atom is -0.458 e. The van der Waals surface area contributed by atoms with Crippen LogP contribution in [-0.2, 0) is 17.4 Å². The highest BCUT2D eigenvalue weighted by atomic mass is 127. The second kappa shape index (κ2) is 5.73. The number of carbonyl (C=O) groups is 3. The van der Waals surface area contributed by atoms with E-state index in [1.165, 1.54) is 23.0 Å². The summed E-state index contributed by atoms with van der Waals surface area (Å²) in [4.78, 5) is 38.1. The quantitative estimate of drug-likeness (QED) is 0.516. The summed E-state index contributed by atoms with van der Waals surface area (Å²) in [7, 11) is 0. The van der Waals surface area contributed by atoms with Crippen LogP contribution < -0.4 is 0 Å². The third-order valence-electron chi connectivity index (χ3n) is 3.56. The molecule has 6 nitrogen and oxygen atoms in total. The molecule has 0 saturated carbocycles.